The topological polar surface area (TPSA) is 67.0 Å². The van der Waals surface area contributed by atoms with Gasteiger partial charge in [-0.1, -0.05) is 18.2 Å². The molecule has 3 aromatic rings. The fraction of sp³-hybridized carbons (Fsp3) is 0.222. The van der Waals surface area contributed by atoms with Crippen molar-refractivity contribution in [3.8, 4) is 5.75 Å². The molecule has 5 nitrogen and oxygen atoms in total. The molecule has 2 aromatic carbocycles. The number of halogens is 3. The number of carbonyl (C=O) groups excluding carboxylic acids is 1. The predicted molar refractivity (Wildman–Crippen MR) is 89.7 cm³/mol. The number of nitrogens with zero attached hydrogens (tertiary/aromatic N) is 1. The molecule has 0 aliphatic rings. The molecule has 3 rings (SSSR count). The maximum Gasteiger partial charge on any atom is 0.416 e. The van der Waals surface area contributed by atoms with Crippen LogP contribution < -0.4 is 10.1 Å². The minimum Gasteiger partial charge on any atom is -0.484 e. The van der Waals surface area contributed by atoms with Crippen LogP contribution >= 0.6 is 0 Å². The summed E-state index contributed by atoms with van der Waals surface area (Å²) in [7, 11) is 0. The number of alkyl halides is 3. The first-order valence-electron chi connectivity index (χ1n) is 7.92. The molecule has 0 saturated heterocycles. The van der Waals surface area contributed by atoms with Gasteiger partial charge in [-0.15, -0.1) is 0 Å². The summed E-state index contributed by atoms with van der Waals surface area (Å²) >= 11 is 0. The van der Waals surface area contributed by atoms with E-state index >= 15 is 0 Å². The van der Waals surface area contributed by atoms with Crippen molar-refractivity contribution >= 4 is 16.9 Å². The van der Waals surface area contributed by atoms with Gasteiger partial charge in [0.25, 0.3) is 5.91 Å². The molecule has 2 N–H and O–H groups in total. The summed E-state index contributed by atoms with van der Waals surface area (Å²) in [5, 5.41) is 2.64. The van der Waals surface area contributed by atoms with E-state index in [2.05, 4.69) is 15.3 Å². The molecule has 1 amide bonds. The Morgan fingerprint density at radius 1 is 1.15 bits per heavy atom. The standard InChI is InChI=1S/C18H16F3N3O2/c19-18(20,21)12-4-3-5-13(10-12)26-11-17(25)22-9-8-16-23-14-6-1-2-7-15(14)24-16/h1-7,10H,8-9,11H2,(H,22,25)(H,23,24). The van der Waals surface area contributed by atoms with Crippen molar-refractivity contribution < 1.29 is 22.7 Å². The van der Waals surface area contributed by atoms with Crippen LogP contribution in [0.3, 0.4) is 0 Å². The van der Waals surface area contributed by atoms with Crippen LogP contribution in [0.25, 0.3) is 11.0 Å². The van der Waals surface area contributed by atoms with Gasteiger partial charge in [0.1, 0.15) is 11.6 Å². The van der Waals surface area contributed by atoms with E-state index in [1.807, 2.05) is 24.3 Å². The molecule has 0 aliphatic carbocycles. The first kappa shape index (κ1) is 17.8. The lowest BCUT2D eigenvalue weighted by Crippen LogP contribution is -2.30. The maximum absolute atomic E-state index is 12.6. The van der Waals surface area contributed by atoms with E-state index in [4.69, 9.17) is 4.74 Å². The maximum atomic E-state index is 12.6. The Balaban J connectivity index is 1.46. The van der Waals surface area contributed by atoms with Crippen LogP contribution in [0.2, 0.25) is 0 Å². The highest BCUT2D eigenvalue weighted by Gasteiger charge is 2.30. The van der Waals surface area contributed by atoms with Crippen LogP contribution in [-0.4, -0.2) is 29.0 Å². The molecule has 1 heterocycles. The number of H-pyrrole nitrogens is 1. The van der Waals surface area contributed by atoms with E-state index in [1.165, 1.54) is 12.1 Å². The number of hydrogen-bond donors (Lipinski definition) is 2. The molecule has 0 aliphatic heterocycles. The highest BCUT2D eigenvalue weighted by atomic mass is 19.4. The van der Waals surface area contributed by atoms with Crippen LogP contribution in [-0.2, 0) is 17.4 Å². The Labute approximate surface area is 147 Å². The number of amides is 1. The average molecular weight is 363 g/mol. The van der Waals surface area contributed by atoms with Crippen LogP contribution in [0, 0.1) is 0 Å². The normalized spacial score (nSPS) is 11.5. The van der Waals surface area contributed by atoms with E-state index in [1.54, 1.807) is 0 Å². The molecule has 0 atom stereocenters. The van der Waals surface area contributed by atoms with Crippen molar-refractivity contribution in [3.05, 3.63) is 59.9 Å². The van der Waals surface area contributed by atoms with E-state index < -0.39 is 17.6 Å². The second kappa shape index (κ2) is 7.47. The summed E-state index contributed by atoms with van der Waals surface area (Å²) in [6.45, 7) is -0.0218. The van der Waals surface area contributed by atoms with E-state index in [0.717, 1.165) is 29.0 Å². The molecule has 0 fully saturated rings. The van der Waals surface area contributed by atoms with Crippen LogP contribution in [0.5, 0.6) is 5.75 Å². The monoisotopic (exact) mass is 363 g/mol. The van der Waals surface area contributed by atoms with Gasteiger partial charge in [-0.25, -0.2) is 4.98 Å². The van der Waals surface area contributed by atoms with Crippen LogP contribution in [0.1, 0.15) is 11.4 Å². The molecule has 26 heavy (non-hydrogen) atoms. The number of aromatic amines is 1. The summed E-state index contributed by atoms with van der Waals surface area (Å²) in [6, 6.07) is 12.0. The molecule has 0 saturated carbocycles. The molecule has 0 bridgehead atoms. The summed E-state index contributed by atoms with van der Waals surface area (Å²) < 4.78 is 43.0. The minimum absolute atomic E-state index is 0.00717. The van der Waals surface area contributed by atoms with Gasteiger partial charge in [-0.3, -0.25) is 4.79 Å². The van der Waals surface area contributed by atoms with E-state index in [-0.39, 0.29) is 12.4 Å². The minimum atomic E-state index is -4.45. The number of ether oxygens (including phenoxy) is 1. The van der Waals surface area contributed by atoms with Gasteiger partial charge in [0.15, 0.2) is 6.61 Å². The summed E-state index contributed by atoms with van der Waals surface area (Å²) in [5.74, 6) is 0.316. The molecular weight excluding hydrogens is 347 g/mol. The van der Waals surface area contributed by atoms with Gasteiger partial charge in [0.2, 0.25) is 0 Å². The third-order valence-corrected chi connectivity index (χ3v) is 3.65. The smallest absolute Gasteiger partial charge is 0.416 e. The zero-order valence-electron chi connectivity index (χ0n) is 13.6. The van der Waals surface area contributed by atoms with Gasteiger partial charge in [-0.05, 0) is 30.3 Å². The second-order valence-corrected chi connectivity index (χ2v) is 5.61. The lowest BCUT2D eigenvalue weighted by molar-refractivity contribution is -0.137. The SMILES string of the molecule is O=C(COc1cccc(C(F)(F)F)c1)NCCc1nc2ccccc2[nH]1. The van der Waals surface area contributed by atoms with Gasteiger partial charge in [-0.2, -0.15) is 13.2 Å². The molecular formula is C18H16F3N3O2. The van der Waals surface area contributed by atoms with Crippen molar-refractivity contribution in [3.63, 3.8) is 0 Å². The third kappa shape index (κ3) is 4.53. The van der Waals surface area contributed by atoms with E-state index in [9.17, 15) is 18.0 Å². The van der Waals surface area contributed by atoms with E-state index in [0.29, 0.717) is 13.0 Å². The van der Waals surface area contributed by atoms with Crippen molar-refractivity contribution in [2.45, 2.75) is 12.6 Å². The Hall–Kier alpha value is -3.03. The van der Waals surface area contributed by atoms with Gasteiger partial charge < -0.3 is 15.0 Å². The largest absolute Gasteiger partial charge is 0.484 e. The number of carbonyl (C=O) groups is 1. The second-order valence-electron chi connectivity index (χ2n) is 5.61. The summed E-state index contributed by atoms with van der Waals surface area (Å²) in [5.41, 5.74) is 0.948. The van der Waals surface area contributed by atoms with Crippen molar-refractivity contribution in [1.82, 2.24) is 15.3 Å². The van der Waals surface area contributed by atoms with Crippen LogP contribution in [0.15, 0.2) is 48.5 Å². The number of rotatable bonds is 6. The fourth-order valence-corrected chi connectivity index (χ4v) is 2.41. The fourth-order valence-electron chi connectivity index (χ4n) is 2.41. The quantitative estimate of drug-likeness (QED) is 0.706. The predicted octanol–water partition coefficient (Wildman–Crippen LogP) is 3.32. The number of nitrogens with one attached hydrogen (secondary N) is 2. The average Bonchev–Trinajstić information content (AvgIpc) is 3.02. The molecule has 8 heteroatoms. The van der Waals surface area contributed by atoms with Crippen molar-refractivity contribution in [2.75, 3.05) is 13.2 Å². The third-order valence-electron chi connectivity index (χ3n) is 3.65. The lowest BCUT2D eigenvalue weighted by Gasteiger charge is -2.10. The number of aromatic nitrogens is 2. The summed E-state index contributed by atoms with van der Waals surface area (Å²) in [6.07, 6.45) is -3.95. The molecule has 136 valence electrons. The molecule has 0 spiro atoms. The Morgan fingerprint density at radius 3 is 2.73 bits per heavy atom. The number of benzene rings is 2. The Morgan fingerprint density at radius 2 is 1.96 bits per heavy atom. The number of fused-ring (bicyclic) bond motifs is 1. The summed E-state index contributed by atoms with van der Waals surface area (Å²) in [4.78, 5) is 19.3. The van der Waals surface area contributed by atoms with Gasteiger partial charge >= 0.3 is 6.18 Å². The Kier molecular flexibility index (Phi) is 5.11. The van der Waals surface area contributed by atoms with Crippen LogP contribution in [0.4, 0.5) is 13.2 Å². The molecule has 1 aromatic heterocycles. The zero-order chi connectivity index (χ0) is 18.6. The van der Waals surface area contributed by atoms with Gasteiger partial charge in [0.05, 0.1) is 16.6 Å². The Bertz CT molecular complexity index is 873. The number of imidazole rings is 1. The number of para-hydroxylation sites is 2. The van der Waals surface area contributed by atoms with Crippen molar-refractivity contribution in [2.24, 2.45) is 0 Å². The zero-order valence-corrected chi connectivity index (χ0v) is 13.6. The molecule has 0 radical (unpaired) electrons. The molecule has 0 unspecified atom stereocenters. The van der Waals surface area contributed by atoms with Gasteiger partial charge in [0, 0.05) is 13.0 Å². The highest BCUT2D eigenvalue weighted by molar-refractivity contribution is 5.77. The highest BCUT2D eigenvalue weighted by Crippen LogP contribution is 2.31. The first-order chi connectivity index (χ1) is 12.4. The number of hydrogen-bond acceptors (Lipinski definition) is 3. The first-order valence-corrected chi connectivity index (χ1v) is 7.92. The van der Waals surface area contributed by atoms with Crippen molar-refractivity contribution in [1.29, 1.82) is 0 Å². The lowest BCUT2D eigenvalue weighted by atomic mass is 10.2.